The Labute approximate surface area is 237 Å². The van der Waals surface area contributed by atoms with Crippen LogP contribution in [0, 0.1) is 20.8 Å². The van der Waals surface area contributed by atoms with Crippen molar-refractivity contribution in [2.24, 2.45) is 0 Å². The van der Waals surface area contributed by atoms with E-state index in [9.17, 15) is 9.59 Å². The van der Waals surface area contributed by atoms with Crippen LogP contribution < -0.4 is 10.1 Å². The lowest BCUT2D eigenvalue weighted by Crippen LogP contribution is -2.53. The van der Waals surface area contributed by atoms with Crippen LogP contribution in [0.3, 0.4) is 0 Å². The minimum absolute atomic E-state index is 0.115. The van der Waals surface area contributed by atoms with Gasteiger partial charge in [0.15, 0.2) is 6.61 Å². The van der Waals surface area contributed by atoms with Gasteiger partial charge in [-0.05, 0) is 79.6 Å². The zero-order chi connectivity index (χ0) is 27.8. The Morgan fingerprint density at radius 3 is 2.33 bits per heavy atom. The van der Waals surface area contributed by atoms with Gasteiger partial charge in [-0.3, -0.25) is 9.59 Å². The molecule has 0 heterocycles. The summed E-state index contributed by atoms with van der Waals surface area (Å²) in [5.41, 5.74) is 5.10. The maximum absolute atomic E-state index is 13.9. The number of carbonyl (C=O) groups excluding carboxylic acids is 2. The molecule has 1 N–H and O–H groups in total. The van der Waals surface area contributed by atoms with E-state index >= 15 is 0 Å². The van der Waals surface area contributed by atoms with Crippen LogP contribution in [-0.2, 0) is 22.6 Å². The molecule has 6 heteroatoms. The number of amides is 2. The fourth-order valence-corrected chi connectivity index (χ4v) is 5.38. The number of nitrogens with one attached hydrogen (secondary N) is 1. The Balaban J connectivity index is 1.63. The van der Waals surface area contributed by atoms with Crippen molar-refractivity contribution in [3.63, 3.8) is 0 Å². The average molecular weight is 547 g/mol. The van der Waals surface area contributed by atoms with Crippen molar-refractivity contribution in [3.8, 4) is 5.75 Å². The Kier molecular flexibility index (Phi) is 10.0. The second kappa shape index (κ2) is 13.7. The van der Waals surface area contributed by atoms with Crippen LogP contribution in [0.25, 0.3) is 0 Å². The van der Waals surface area contributed by atoms with Crippen LogP contribution in [0.2, 0.25) is 5.02 Å². The van der Waals surface area contributed by atoms with Gasteiger partial charge in [-0.15, -0.1) is 0 Å². The average Bonchev–Trinajstić information content (AvgIpc) is 2.93. The minimum Gasteiger partial charge on any atom is -0.483 e. The number of rotatable bonds is 10. The molecule has 4 rings (SSSR count). The Morgan fingerprint density at radius 1 is 0.949 bits per heavy atom. The van der Waals surface area contributed by atoms with Crippen molar-refractivity contribution in [1.82, 2.24) is 10.2 Å². The van der Waals surface area contributed by atoms with E-state index in [-0.39, 0.29) is 31.0 Å². The van der Waals surface area contributed by atoms with E-state index in [1.165, 1.54) is 6.42 Å². The molecule has 39 heavy (non-hydrogen) atoms. The molecule has 1 aliphatic carbocycles. The quantitative estimate of drug-likeness (QED) is 0.306. The summed E-state index contributed by atoms with van der Waals surface area (Å²) in [6.07, 6.45) is 5.81. The van der Waals surface area contributed by atoms with Gasteiger partial charge in [0.05, 0.1) is 0 Å². The van der Waals surface area contributed by atoms with E-state index in [1.54, 1.807) is 4.90 Å². The van der Waals surface area contributed by atoms with Gasteiger partial charge in [0.1, 0.15) is 11.8 Å². The van der Waals surface area contributed by atoms with Crippen LogP contribution in [0.1, 0.15) is 59.9 Å². The summed E-state index contributed by atoms with van der Waals surface area (Å²) in [6, 6.07) is 20.8. The number of aryl methyl sites for hydroxylation is 2. The maximum Gasteiger partial charge on any atom is 0.261 e. The lowest BCUT2D eigenvalue weighted by molar-refractivity contribution is -0.143. The van der Waals surface area contributed by atoms with Gasteiger partial charge in [-0.1, -0.05) is 79.4 Å². The smallest absolute Gasteiger partial charge is 0.261 e. The van der Waals surface area contributed by atoms with E-state index in [1.807, 2.05) is 81.4 Å². The van der Waals surface area contributed by atoms with Gasteiger partial charge < -0.3 is 15.0 Å². The van der Waals surface area contributed by atoms with Gasteiger partial charge in [0, 0.05) is 24.0 Å². The molecule has 0 aromatic heterocycles. The maximum atomic E-state index is 13.9. The third-order valence-corrected chi connectivity index (χ3v) is 7.86. The molecule has 3 aromatic rings. The van der Waals surface area contributed by atoms with E-state index in [0.717, 1.165) is 53.5 Å². The first-order valence-electron chi connectivity index (χ1n) is 13.9. The molecular formula is C33H39ClN2O3. The summed E-state index contributed by atoms with van der Waals surface area (Å²) in [4.78, 5) is 29.4. The van der Waals surface area contributed by atoms with E-state index in [0.29, 0.717) is 17.2 Å². The predicted molar refractivity (Wildman–Crippen MR) is 157 cm³/mol. The molecule has 1 fully saturated rings. The lowest BCUT2D eigenvalue weighted by atomic mass is 9.94. The molecule has 1 saturated carbocycles. The van der Waals surface area contributed by atoms with Crippen LogP contribution >= 0.6 is 11.6 Å². The number of benzene rings is 3. The highest BCUT2D eigenvalue weighted by molar-refractivity contribution is 6.30. The second-order valence-electron chi connectivity index (χ2n) is 10.7. The van der Waals surface area contributed by atoms with Gasteiger partial charge in [0.25, 0.3) is 5.91 Å². The number of hydrogen-bond acceptors (Lipinski definition) is 3. The number of carbonyl (C=O) groups is 2. The zero-order valence-electron chi connectivity index (χ0n) is 23.2. The first kappa shape index (κ1) is 28.7. The summed E-state index contributed by atoms with van der Waals surface area (Å²) < 4.78 is 6.08. The van der Waals surface area contributed by atoms with Crippen LogP contribution in [-0.4, -0.2) is 35.4 Å². The zero-order valence-corrected chi connectivity index (χ0v) is 24.0. The summed E-state index contributed by atoms with van der Waals surface area (Å²) in [5, 5.41) is 3.90. The predicted octanol–water partition coefficient (Wildman–Crippen LogP) is 6.73. The molecule has 3 aromatic carbocycles. The van der Waals surface area contributed by atoms with Crippen LogP contribution in [0.5, 0.6) is 5.75 Å². The SMILES string of the molecule is Cc1cc(C)c(C)c(OCC(=O)N(Cc2ccc(Cl)cc2)[C@H](Cc2ccccc2)C(=O)NC2CCCCC2)c1. The first-order chi connectivity index (χ1) is 18.8. The summed E-state index contributed by atoms with van der Waals surface area (Å²) in [7, 11) is 0. The molecule has 0 unspecified atom stereocenters. The third-order valence-electron chi connectivity index (χ3n) is 7.60. The fourth-order valence-electron chi connectivity index (χ4n) is 5.26. The molecule has 0 aliphatic heterocycles. The normalized spacial score (nSPS) is 14.5. The number of ether oxygens (including phenoxy) is 1. The number of nitrogens with zero attached hydrogens (tertiary/aromatic N) is 1. The molecular weight excluding hydrogens is 508 g/mol. The highest BCUT2D eigenvalue weighted by atomic mass is 35.5. The lowest BCUT2D eigenvalue weighted by Gasteiger charge is -2.33. The highest BCUT2D eigenvalue weighted by Gasteiger charge is 2.32. The number of halogens is 1. The van der Waals surface area contributed by atoms with Crippen LogP contribution in [0.15, 0.2) is 66.7 Å². The van der Waals surface area contributed by atoms with Gasteiger partial charge >= 0.3 is 0 Å². The molecule has 0 bridgehead atoms. The molecule has 1 aliphatic rings. The summed E-state index contributed by atoms with van der Waals surface area (Å²) in [6.45, 7) is 6.17. The third kappa shape index (κ3) is 8.09. The molecule has 1 atom stereocenters. The monoisotopic (exact) mass is 546 g/mol. The van der Waals surface area contributed by atoms with Crippen molar-refractivity contribution in [1.29, 1.82) is 0 Å². The first-order valence-corrected chi connectivity index (χ1v) is 14.3. The minimum atomic E-state index is -0.679. The largest absolute Gasteiger partial charge is 0.483 e. The molecule has 206 valence electrons. The summed E-state index contributed by atoms with van der Waals surface area (Å²) >= 11 is 6.13. The van der Waals surface area contributed by atoms with E-state index in [4.69, 9.17) is 16.3 Å². The fraction of sp³-hybridized carbons (Fsp3) is 0.394. The van der Waals surface area contributed by atoms with Gasteiger partial charge in [-0.2, -0.15) is 0 Å². The Bertz CT molecular complexity index is 1250. The van der Waals surface area contributed by atoms with Crippen LogP contribution in [0.4, 0.5) is 0 Å². The molecule has 5 nitrogen and oxygen atoms in total. The topological polar surface area (TPSA) is 58.6 Å². The van der Waals surface area contributed by atoms with Crippen molar-refractivity contribution in [3.05, 3.63) is 99.6 Å². The Morgan fingerprint density at radius 2 is 1.64 bits per heavy atom. The second-order valence-corrected chi connectivity index (χ2v) is 11.1. The summed E-state index contributed by atoms with van der Waals surface area (Å²) in [5.74, 6) is 0.345. The molecule has 0 spiro atoms. The molecule has 2 amide bonds. The number of hydrogen-bond donors (Lipinski definition) is 1. The van der Waals surface area contributed by atoms with Crippen molar-refractivity contribution in [2.45, 2.75) is 77.9 Å². The molecule has 0 saturated heterocycles. The van der Waals surface area contributed by atoms with Gasteiger partial charge in [-0.25, -0.2) is 0 Å². The van der Waals surface area contributed by atoms with Crippen molar-refractivity contribution < 1.29 is 14.3 Å². The molecule has 0 radical (unpaired) electrons. The Hall–Kier alpha value is -3.31. The van der Waals surface area contributed by atoms with Crippen molar-refractivity contribution >= 4 is 23.4 Å². The standard InChI is InChI=1S/C33H39ClN2O3/c1-23-18-24(2)25(3)31(19-23)39-22-32(37)36(21-27-14-16-28(34)17-15-27)30(20-26-10-6-4-7-11-26)33(38)35-29-12-8-5-9-13-29/h4,6-7,10-11,14-19,29-30H,5,8-9,12-13,20-22H2,1-3H3,(H,35,38)/t30-/m1/s1. The highest BCUT2D eigenvalue weighted by Crippen LogP contribution is 2.24. The van der Waals surface area contributed by atoms with Gasteiger partial charge in [0.2, 0.25) is 5.91 Å². The van der Waals surface area contributed by atoms with E-state index in [2.05, 4.69) is 11.4 Å². The van der Waals surface area contributed by atoms with Crippen molar-refractivity contribution in [2.75, 3.05) is 6.61 Å². The van der Waals surface area contributed by atoms with E-state index < -0.39 is 6.04 Å².